The summed E-state index contributed by atoms with van der Waals surface area (Å²) in [5.74, 6) is 3.09. The van der Waals surface area contributed by atoms with Crippen LogP contribution in [0.2, 0.25) is 0 Å². The van der Waals surface area contributed by atoms with Crippen molar-refractivity contribution in [3.8, 4) is 39.5 Å². The highest BCUT2D eigenvalue weighted by Crippen LogP contribution is 2.53. The van der Waals surface area contributed by atoms with E-state index in [2.05, 4.69) is 169 Å². The van der Waals surface area contributed by atoms with Crippen LogP contribution in [0.15, 0.2) is 212 Å². The summed E-state index contributed by atoms with van der Waals surface area (Å²) in [5.41, 5.74) is 12.5. The zero-order valence-corrected chi connectivity index (χ0v) is 30.9. The van der Waals surface area contributed by atoms with Crippen LogP contribution in [0.3, 0.4) is 0 Å². The third-order valence-electron chi connectivity index (χ3n) is 10.7. The van der Waals surface area contributed by atoms with Crippen LogP contribution in [-0.2, 0) is 0 Å². The predicted molar refractivity (Wildman–Crippen MR) is 232 cm³/mol. The van der Waals surface area contributed by atoms with E-state index in [0.717, 1.165) is 108 Å². The van der Waals surface area contributed by atoms with E-state index in [4.69, 9.17) is 9.47 Å². The first-order valence-corrected chi connectivity index (χ1v) is 19.0. The molecular weight excluding hydrogens is 685 g/mol. The van der Waals surface area contributed by atoms with Gasteiger partial charge in [-0.2, -0.15) is 0 Å². The monoisotopic (exact) mass is 722 g/mol. The van der Waals surface area contributed by atoms with E-state index in [-0.39, 0.29) is 0 Å². The van der Waals surface area contributed by atoms with Gasteiger partial charge in [0.2, 0.25) is 0 Å². The first-order chi connectivity index (χ1) is 27.6. The summed E-state index contributed by atoms with van der Waals surface area (Å²) in [6, 6.07) is 54.9. The van der Waals surface area contributed by atoms with Gasteiger partial charge < -0.3 is 19.3 Å². The van der Waals surface area contributed by atoms with Crippen molar-refractivity contribution in [2.45, 2.75) is 12.8 Å². The summed E-state index contributed by atoms with van der Waals surface area (Å²) < 4.78 is 13.4. The highest BCUT2D eigenvalue weighted by molar-refractivity contribution is 6.13. The number of benzene rings is 7. The maximum atomic E-state index is 6.70. The van der Waals surface area contributed by atoms with E-state index in [0.29, 0.717) is 5.76 Å². The second kappa shape index (κ2) is 13.8. The highest BCUT2D eigenvalue weighted by Gasteiger charge is 2.29. The maximum Gasteiger partial charge on any atom is 0.136 e. The molecule has 7 aromatic carbocycles. The Morgan fingerprint density at radius 1 is 0.536 bits per heavy atom. The molecule has 0 spiro atoms. The van der Waals surface area contributed by atoms with Crippen LogP contribution in [0.25, 0.3) is 38.6 Å². The Morgan fingerprint density at radius 2 is 1.11 bits per heavy atom. The summed E-state index contributed by atoms with van der Waals surface area (Å²) in [6.07, 6.45) is 10.7. The number of nitrogens with zero attached hydrogens (tertiary/aromatic N) is 2. The number of anilines is 4. The van der Waals surface area contributed by atoms with Crippen LogP contribution in [0.4, 0.5) is 22.7 Å². The molecule has 0 fully saturated rings. The molecule has 0 atom stereocenters. The summed E-state index contributed by atoms with van der Waals surface area (Å²) >= 11 is 0. The van der Waals surface area contributed by atoms with Gasteiger partial charge in [0, 0.05) is 62.1 Å². The molecule has 56 heavy (non-hydrogen) atoms. The number of allylic oxidation sites excluding steroid dienone is 5. The van der Waals surface area contributed by atoms with Crippen molar-refractivity contribution in [1.82, 2.24) is 0 Å². The quantitative estimate of drug-likeness (QED) is 0.156. The van der Waals surface area contributed by atoms with Gasteiger partial charge in [0.05, 0.1) is 0 Å². The topological polar surface area (TPSA) is 24.9 Å². The van der Waals surface area contributed by atoms with Gasteiger partial charge >= 0.3 is 0 Å². The van der Waals surface area contributed by atoms with Crippen molar-refractivity contribution >= 4 is 39.1 Å². The average Bonchev–Trinajstić information content (AvgIpc) is 3.25. The average molecular weight is 723 g/mol. The Hall–Kier alpha value is -7.30. The van der Waals surface area contributed by atoms with E-state index in [9.17, 15) is 0 Å². The molecule has 2 aliphatic heterocycles. The van der Waals surface area contributed by atoms with Crippen molar-refractivity contribution in [2.75, 3.05) is 9.80 Å². The Labute approximate surface area is 327 Å². The van der Waals surface area contributed by atoms with Crippen molar-refractivity contribution < 1.29 is 9.47 Å². The SMILES string of the molecule is C=C1C(=CC(=C)N(C2=CCCC=C2)c2ccccc2)Oc2ccc3c4c(ccc1c24)Oc1cc(-c2ccc(N(c4ccccc4)c4ccccc4)cc2)ccc1-3. The standard InChI is InChI=1S/C52H38N2O2/c1-35(53(39-15-7-3-8-16-39)40-17-9-4-10-18-40)33-49-36(2)44-29-31-48-52-46(30-32-47(55-49)51(44)52)45-28-25-38(34-50(45)56-48)37-23-26-43(27-24-37)54(41-19-11-5-12-20-41)42-21-13-6-14-22-42/h3,5-9,11-34H,1-2,4,10H2. The van der Waals surface area contributed by atoms with Crippen LogP contribution in [-0.4, -0.2) is 0 Å². The Balaban J connectivity index is 0.961. The lowest BCUT2D eigenvalue weighted by Crippen LogP contribution is -2.21. The molecule has 7 aromatic rings. The molecule has 1 aliphatic carbocycles. The Bertz CT molecular complexity index is 2720. The fourth-order valence-electron chi connectivity index (χ4n) is 8.08. The molecule has 0 N–H and O–H groups in total. The summed E-state index contributed by atoms with van der Waals surface area (Å²) in [7, 11) is 0. The largest absolute Gasteiger partial charge is 0.456 e. The number of para-hydroxylation sites is 3. The molecule has 3 aliphatic rings. The maximum absolute atomic E-state index is 6.70. The van der Waals surface area contributed by atoms with Crippen molar-refractivity contribution in [1.29, 1.82) is 0 Å². The molecule has 0 unspecified atom stereocenters. The first kappa shape index (κ1) is 33.3. The van der Waals surface area contributed by atoms with Gasteiger partial charge in [-0.15, -0.1) is 0 Å². The summed E-state index contributed by atoms with van der Waals surface area (Å²) in [6.45, 7) is 9.05. The fraction of sp³-hybridized carbons (Fsp3) is 0.0385. The van der Waals surface area contributed by atoms with Crippen LogP contribution < -0.4 is 19.3 Å². The van der Waals surface area contributed by atoms with Gasteiger partial charge in [0.15, 0.2) is 0 Å². The van der Waals surface area contributed by atoms with E-state index >= 15 is 0 Å². The zero-order chi connectivity index (χ0) is 37.6. The number of fused-ring (bicyclic) bond motifs is 2. The molecule has 0 aromatic heterocycles. The van der Waals surface area contributed by atoms with E-state index in [1.54, 1.807) is 0 Å². The summed E-state index contributed by atoms with van der Waals surface area (Å²) in [4.78, 5) is 4.45. The lowest BCUT2D eigenvalue weighted by Gasteiger charge is -2.30. The first-order valence-electron chi connectivity index (χ1n) is 19.0. The number of ether oxygens (including phenoxy) is 2. The highest BCUT2D eigenvalue weighted by atomic mass is 16.5. The number of rotatable bonds is 8. The van der Waals surface area contributed by atoms with Gasteiger partial charge in [-0.25, -0.2) is 0 Å². The molecule has 0 bridgehead atoms. The van der Waals surface area contributed by atoms with Crippen molar-refractivity contribution in [2.24, 2.45) is 0 Å². The van der Waals surface area contributed by atoms with Crippen LogP contribution >= 0.6 is 0 Å². The molecule has 4 nitrogen and oxygen atoms in total. The molecule has 0 radical (unpaired) electrons. The third-order valence-corrected chi connectivity index (χ3v) is 10.7. The minimum Gasteiger partial charge on any atom is -0.456 e. The third kappa shape index (κ3) is 5.80. The molecule has 4 heteroatoms. The number of hydrogen-bond acceptors (Lipinski definition) is 4. The number of hydrogen-bond donors (Lipinski definition) is 0. The normalized spacial score (nSPS) is 14.4. The van der Waals surface area contributed by atoms with Crippen LogP contribution in [0.1, 0.15) is 18.4 Å². The second-order valence-corrected chi connectivity index (χ2v) is 14.2. The van der Waals surface area contributed by atoms with Gasteiger partial charge in [0.1, 0.15) is 23.0 Å². The molecule has 2 heterocycles. The molecular formula is C52H38N2O2. The van der Waals surface area contributed by atoms with Gasteiger partial charge in [0.25, 0.3) is 0 Å². The molecule has 10 rings (SSSR count). The van der Waals surface area contributed by atoms with Gasteiger partial charge in [-0.3, -0.25) is 0 Å². The molecule has 0 saturated carbocycles. The van der Waals surface area contributed by atoms with Crippen molar-refractivity contribution in [3.63, 3.8) is 0 Å². The zero-order valence-electron chi connectivity index (χ0n) is 30.9. The van der Waals surface area contributed by atoms with E-state index in [1.807, 2.05) is 36.4 Å². The fourth-order valence-corrected chi connectivity index (χ4v) is 8.08. The van der Waals surface area contributed by atoms with Crippen LogP contribution in [0.5, 0.6) is 17.2 Å². The lowest BCUT2D eigenvalue weighted by molar-refractivity contribution is 0.449. The smallest absolute Gasteiger partial charge is 0.136 e. The van der Waals surface area contributed by atoms with Gasteiger partial charge in [-0.05, 0) is 126 Å². The predicted octanol–water partition coefficient (Wildman–Crippen LogP) is 14.3. The molecule has 268 valence electrons. The Kier molecular flexibility index (Phi) is 8.23. The molecule has 0 amide bonds. The van der Waals surface area contributed by atoms with Crippen LogP contribution in [0, 0.1) is 0 Å². The molecule has 0 saturated heterocycles. The van der Waals surface area contributed by atoms with E-state index in [1.165, 1.54) is 0 Å². The second-order valence-electron chi connectivity index (χ2n) is 14.2. The van der Waals surface area contributed by atoms with Gasteiger partial charge in [-0.1, -0.05) is 98.1 Å². The minimum absolute atomic E-state index is 0.676. The Morgan fingerprint density at radius 3 is 1.77 bits per heavy atom. The van der Waals surface area contributed by atoms with Crippen molar-refractivity contribution in [3.05, 3.63) is 218 Å². The lowest BCUT2D eigenvalue weighted by atomic mass is 9.87. The summed E-state index contributed by atoms with van der Waals surface area (Å²) in [5, 5.41) is 2.05. The minimum atomic E-state index is 0.676. The van der Waals surface area contributed by atoms with E-state index < -0.39 is 0 Å².